The van der Waals surface area contributed by atoms with Gasteiger partial charge in [-0.25, -0.2) is 8.42 Å². The van der Waals surface area contributed by atoms with Gasteiger partial charge < -0.3 is 10.6 Å². The van der Waals surface area contributed by atoms with E-state index in [-0.39, 0.29) is 17.5 Å². The first-order chi connectivity index (χ1) is 13.4. The predicted molar refractivity (Wildman–Crippen MR) is 106 cm³/mol. The van der Waals surface area contributed by atoms with Gasteiger partial charge in [-0.15, -0.1) is 0 Å². The molecule has 3 rings (SSSR count). The van der Waals surface area contributed by atoms with E-state index in [1.54, 1.807) is 42.5 Å². The summed E-state index contributed by atoms with van der Waals surface area (Å²) in [4.78, 5) is 24.4. The molecule has 2 amide bonds. The molecule has 2 aromatic carbocycles. The lowest BCUT2D eigenvalue weighted by Crippen LogP contribution is -2.45. The van der Waals surface area contributed by atoms with Crippen LogP contribution in [0.4, 0.5) is 5.69 Å². The Balaban J connectivity index is 1.59. The van der Waals surface area contributed by atoms with Gasteiger partial charge in [-0.05, 0) is 44.0 Å². The highest BCUT2D eigenvalue weighted by atomic mass is 32.2. The fourth-order valence-electron chi connectivity index (χ4n) is 3.17. The van der Waals surface area contributed by atoms with Crippen molar-refractivity contribution in [2.24, 2.45) is 0 Å². The van der Waals surface area contributed by atoms with Crippen molar-refractivity contribution >= 4 is 27.5 Å². The Bertz CT molecular complexity index is 943. The first-order valence-electron chi connectivity index (χ1n) is 9.10. The van der Waals surface area contributed by atoms with E-state index in [4.69, 9.17) is 0 Å². The van der Waals surface area contributed by atoms with Gasteiger partial charge in [-0.1, -0.05) is 35.9 Å². The lowest BCUT2D eigenvalue weighted by Gasteiger charge is -2.24. The molecule has 2 aromatic rings. The van der Waals surface area contributed by atoms with E-state index in [9.17, 15) is 18.0 Å². The maximum absolute atomic E-state index is 12.8. The standard InChI is InChI=1S/C20H23N3O4S/c1-15-9-11-16(12-10-15)22-20(25)19(24)21-14-17-6-5-13-23(17)28(26,27)18-7-3-2-4-8-18/h2-4,7-12,17H,5-6,13-14H2,1H3,(H,21,24)(H,22,25)/t17-/m1/s1. The number of nitrogens with zero attached hydrogens (tertiary/aromatic N) is 1. The highest BCUT2D eigenvalue weighted by Gasteiger charge is 2.35. The quantitative estimate of drug-likeness (QED) is 0.748. The van der Waals surface area contributed by atoms with Gasteiger partial charge in [-0.3, -0.25) is 9.59 Å². The third-order valence-corrected chi connectivity index (χ3v) is 6.65. The summed E-state index contributed by atoms with van der Waals surface area (Å²) in [6.07, 6.45) is 1.34. The van der Waals surface area contributed by atoms with Gasteiger partial charge in [0.25, 0.3) is 0 Å². The second kappa shape index (κ2) is 8.53. The number of nitrogens with one attached hydrogen (secondary N) is 2. The van der Waals surface area contributed by atoms with Crippen molar-refractivity contribution in [1.82, 2.24) is 9.62 Å². The Kier molecular flexibility index (Phi) is 6.11. The Morgan fingerprint density at radius 1 is 1.04 bits per heavy atom. The Hall–Kier alpha value is -2.71. The molecule has 0 bridgehead atoms. The number of sulfonamides is 1. The zero-order valence-corrected chi connectivity index (χ0v) is 16.4. The van der Waals surface area contributed by atoms with Gasteiger partial charge in [-0.2, -0.15) is 4.31 Å². The van der Waals surface area contributed by atoms with E-state index in [1.807, 2.05) is 19.1 Å². The number of carbonyl (C=O) groups excluding carboxylic acids is 2. The molecule has 8 heteroatoms. The van der Waals surface area contributed by atoms with E-state index in [0.29, 0.717) is 25.1 Å². The minimum atomic E-state index is -3.63. The van der Waals surface area contributed by atoms with Crippen LogP contribution in [0.1, 0.15) is 18.4 Å². The molecule has 7 nitrogen and oxygen atoms in total. The molecule has 1 aliphatic rings. The van der Waals surface area contributed by atoms with E-state index in [1.165, 1.54) is 4.31 Å². The molecule has 1 aliphatic heterocycles. The molecule has 0 radical (unpaired) electrons. The Morgan fingerprint density at radius 2 is 1.71 bits per heavy atom. The maximum atomic E-state index is 12.8. The topological polar surface area (TPSA) is 95.6 Å². The maximum Gasteiger partial charge on any atom is 0.313 e. The van der Waals surface area contributed by atoms with Gasteiger partial charge in [0, 0.05) is 24.8 Å². The van der Waals surface area contributed by atoms with Crippen LogP contribution >= 0.6 is 0 Å². The van der Waals surface area contributed by atoms with Gasteiger partial charge in [0.15, 0.2) is 0 Å². The van der Waals surface area contributed by atoms with Crippen LogP contribution in [0.5, 0.6) is 0 Å². The summed E-state index contributed by atoms with van der Waals surface area (Å²) in [6, 6.07) is 14.9. The van der Waals surface area contributed by atoms with Crippen LogP contribution in [0.25, 0.3) is 0 Å². The van der Waals surface area contributed by atoms with Crippen molar-refractivity contribution in [1.29, 1.82) is 0 Å². The normalized spacial score (nSPS) is 17.2. The molecule has 0 saturated carbocycles. The average molecular weight is 401 g/mol. The molecule has 28 heavy (non-hydrogen) atoms. The minimum Gasteiger partial charge on any atom is -0.346 e. The summed E-state index contributed by atoms with van der Waals surface area (Å²) in [5.74, 6) is -1.57. The third-order valence-electron chi connectivity index (χ3n) is 4.69. The number of hydrogen-bond acceptors (Lipinski definition) is 4. The van der Waals surface area contributed by atoms with E-state index < -0.39 is 21.8 Å². The predicted octanol–water partition coefficient (Wildman–Crippen LogP) is 1.90. The lowest BCUT2D eigenvalue weighted by atomic mass is 10.2. The monoisotopic (exact) mass is 401 g/mol. The fourth-order valence-corrected chi connectivity index (χ4v) is 4.89. The van der Waals surface area contributed by atoms with Gasteiger partial charge in [0.1, 0.15) is 0 Å². The van der Waals surface area contributed by atoms with Crippen molar-refractivity contribution in [3.63, 3.8) is 0 Å². The molecule has 2 N–H and O–H groups in total. The molecule has 0 aromatic heterocycles. The molecule has 0 unspecified atom stereocenters. The second-order valence-electron chi connectivity index (χ2n) is 6.76. The van der Waals surface area contributed by atoms with Gasteiger partial charge in [0.05, 0.1) is 4.90 Å². The first-order valence-corrected chi connectivity index (χ1v) is 10.5. The van der Waals surface area contributed by atoms with Crippen LogP contribution in [-0.4, -0.2) is 43.7 Å². The summed E-state index contributed by atoms with van der Waals surface area (Å²) in [7, 11) is -3.63. The molecule has 148 valence electrons. The zero-order chi connectivity index (χ0) is 20.1. The highest BCUT2D eigenvalue weighted by Crippen LogP contribution is 2.25. The summed E-state index contributed by atoms with van der Waals surface area (Å²) >= 11 is 0. The third kappa shape index (κ3) is 4.58. The van der Waals surface area contributed by atoms with Crippen LogP contribution in [0.3, 0.4) is 0 Å². The molecular formula is C20H23N3O4S. The van der Waals surface area contributed by atoms with Crippen molar-refractivity contribution in [3.05, 3.63) is 60.2 Å². The molecule has 1 saturated heterocycles. The van der Waals surface area contributed by atoms with Crippen molar-refractivity contribution < 1.29 is 18.0 Å². The minimum absolute atomic E-state index is 0.0895. The Morgan fingerprint density at radius 3 is 2.39 bits per heavy atom. The Labute approximate surface area is 164 Å². The molecule has 1 heterocycles. The van der Waals surface area contributed by atoms with Crippen LogP contribution < -0.4 is 10.6 Å². The first kappa shape index (κ1) is 20.0. The van der Waals surface area contributed by atoms with Crippen LogP contribution in [0, 0.1) is 6.92 Å². The summed E-state index contributed by atoms with van der Waals surface area (Å²) in [5.41, 5.74) is 1.57. The number of hydrogen-bond donors (Lipinski definition) is 2. The highest BCUT2D eigenvalue weighted by molar-refractivity contribution is 7.89. The number of amides is 2. The number of carbonyl (C=O) groups is 2. The van der Waals surface area contributed by atoms with E-state index in [2.05, 4.69) is 10.6 Å². The van der Waals surface area contributed by atoms with Crippen LogP contribution in [0.2, 0.25) is 0 Å². The number of rotatable bonds is 5. The van der Waals surface area contributed by atoms with Gasteiger partial charge >= 0.3 is 11.8 Å². The van der Waals surface area contributed by atoms with Crippen molar-refractivity contribution in [3.8, 4) is 0 Å². The number of aryl methyl sites for hydroxylation is 1. The molecule has 0 spiro atoms. The lowest BCUT2D eigenvalue weighted by molar-refractivity contribution is -0.136. The summed E-state index contributed by atoms with van der Waals surface area (Å²) in [6.45, 7) is 2.41. The molecule has 1 atom stereocenters. The van der Waals surface area contributed by atoms with Crippen LogP contribution in [-0.2, 0) is 19.6 Å². The number of anilines is 1. The second-order valence-corrected chi connectivity index (χ2v) is 8.65. The van der Waals surface area contributed by atoms with Gasteiger partial charge in [0.2, 0.25) is 10.0 Å². The summed E-state index contributed by atoms with van der Waals surface area (Å²) < 4.78 is 27.1. The summed E-state index contributed by atoms with van der Waals surface area (Å²) in [5, 5.41) is 5.08. The van der Waals surface area contributed by atoms with Crippen LogP contribution in [0.15, 0.2) is 59.5 Å². The van der Waals surface area contributed by atoms with Crippen molar-refractivity contribution in [2.45, 2.75) is 30.7 Å². The smallest absolute Gasteiger partial charge is 0.313 e. The molecule has 1 fully saturated rings. The van der Waals surface area contributed by atoms with Crippen molar-refractivity contribution in [2.75, 3.05) is 18.4 Å². The SMILES string of the molecule is Cc1ccc(NC(=O)C(=O)NC[C@H]2CCCN2S(=O)(=O)c2ccccc2)cc1. The largest absolute Gasteiger partial charge is 0.346 e. The molecular weight excluding hydrogens is 378 g/mol. The zero-order valence-electron chi connectivity index (χ0n) is 15.6. The molecule has 0 aliphatic carbocycles. The van der Waals surface area contributed by atoms with E-state index in [0.717, 1.165) is 5.56 Å². The van der Waals surface area contributed by atoms with E-state index >= 15 is 0 Å². The average Bonchev–Trinajstić information content (AvgIpc) is 3.18. The fraction of sp³-hybridized carbons (Fsp3) is 0.300. The number of benzene rings is 2.